The lowest BCUT2D eigenvalue weighted by Gasteiger charge is -2.29. The van der Waals surface area contributed by atoms with E-state index in [9.17, 15) is 0 Å². The van der Waals surface area contributed by atoms with E-state index in [1.165, 1.54) is 12.8 Å². The average molecular weight is 253 g/mol. The molecule has 18 heavy (non-hydrogen) atoms. The molecule has 1 aliphatic carbocycles. The fourth-order valence-corrected chi connectivity index (χ4v) is 3.01. The van der Waals surface area contributed by atoms with Crippen molar-refractivity contribution in [3.05, 3.63) is 11.6 Å². The topological polar surface area (TPSA) is 30.5 Å². The zero-order chi connectivity index (χ0) is 13.0. The van der Waals surface area contributed by atoms with Crippen LogP contribution in [0.25, 0.3) is 0 Å². The lowest BCUT2D eigenvalue weighted by atomic mass is 9.80. The van der Waals surface area contributed by atoms with Crippen LogP contribution in [-0.4, -0.2) is 32.1 Å². The van der Waals surface area contributed by atoms with Gasteiger partial charge in [0, 0.05) is 19.5 Å². The molecule has 1 aliphatic heterocycles. The summed E-state index contributed by atoms with van der Waals surface area (Å²) in [5.74, 6) is 1.16. The summed E-state index contributed by atoms with van der Waals surface area (Å²) < 4.78 is 11.2. The Morgan fingerprint density at radius 1 is 1.39 bits per heavy atom. The molecule has 0 bridgehead atoms. The maximum atomic E-state index is 5.60. The van der Waals surface area contributed by atoms with Crippen LogP contribution in [0.4, 0.5) is 0 Å². The van der Waals surface area contributed by atoms with Gasteiger partial charge in [0.25, 0.3) is 0 Å². The van der Waals surface area contributed by atoms with Crippen molar-refractivity contribution in [2.75, 3.05) is 26.3 Å². The normalized spacial score (nSPS) is 31.4. The molecule has 1 fully saturated rings. The Hall–Kier alpha value is -0.380. The average Bonchev–Trinajstić information content (AvgIpc) is 2.75. The largest absolute Gasteiger partial charge is 0.348 e. The van der Waals surface area contributed by atoms with Gasteiger partial charge in [0.15, 0.2) is 5.79 Å². The van der Waals surface area contributed by atoms with E-state index >= 15 is 0 Å². The van der Waals surface area contributed by atoms with Crippen LogP contribution in [0.1, 0.15) is 40.0 Å². The first kappa shape index (κ1) is 14.0. The highest BCUT2D eigenvalue weighted by Crippen LogP contribution is 2.29. The monoisotopic (exact) mass is 253 g/mol. The molecule has 0 aromatic carbocycles. The fraction of sp³-hybridized carbons (Fsp3) is 0.867. The number of hydrogen-bond donors (Lipinski definition) is 1. The zero-order valence-corrected chi connectivity index (χ0v) is 12.0. The summed E-state index contributed by atoms with van der Waals surface area (Å²) in [6.45, 7) is 10.2. The van der Waals surface area contributed by atoms with E-state index in [0.29, 0.717) is 5.92 Å². The Morgan fingerprint density at radius 2 is 2.11 bits per heavy atom. The van der Waals surface area contributed by atoms with Crippen molar-refractivity contribution >= 4 is 0 Å². The lowest BCUT2D eigenvalue weighted by molar-refractivity contribution is -0.145. The van der Waals surface area contributed by atoms with Crippen molar-refractivity contribution < 1.29 is 9.47 Å². The van der Waals surface area contributed by atoms with Gasteiger partial charge < -0.3 is 14.8 Å². The summed E-state index contributed by atoms with van der Waals surface area (Å²) in [7, 11) is 0. The maximum Gasteiger partial charge on any atom is 0.166 e. The van der Waals surface area contributed by atoms with Gasteiger partial charge in [-0.25, -0.2) is 0 Å². The molecule has 0 amide bonds. The van der Waals surface area contributed by atoms with Crippen LogP contribution in [-0.2, 0) is 9.47 Å². The van der Waals surface area contributed by atoms with Gasteiger partial charge in [0.05, 0.1) is 13.2 Å². The third-order valence-electron chi connectivity index (χ3n) is 4.38. The van der Waals surface area contributed by atoms with Crippen LogP contribution in [0.15, 0.2) is 11.6 Å². The minimum absolute atomic E-state index is 0.351. The van der Waals surface area contributed by atoms with Crippen molar-refractivity contribution in [2.24, 2.45) is 11.8 Å². The molecule has 0 radical (unpaired) electrons. The molecular weight excluding hydrogens is 226 g/mol. The Bertz CT molecular complexity index is 295. The van der Waals surface area contributed by atoms with Crippen LogP contribution in [0, 0.1) is 11.8 Å². The second-order valence-electron chi connectivity index (χ2n) is 5.89. The summed E-state index contributed by atoms with van der Waals surface area (Å²) >= 11 is 0. The van der Waals surface area contributed by atoms with E-state index in [1.54, 1.807) is 5.57 Å². The van der Waals surface area contributed by atoms with E-state index in [0.717, 1.165) is 38.6 Å². The van der Waals surface area contributed by atoms with Crippen molar-refractivity contribution in [1.82, 2.24) is 5.32 Å². The molecule has 2 aliphatic rings. The molecule has 2 rings (SSSR count). The van der Waals surface area contributed by atoms with Gasteiger partial charge in [0.1, 0.15) is 0 Å². The molecule has 104 valence electrons. The van der Waals surface area contributed by atoms with Gasteiger partial charge in [-0.05, 0) is 38.5 Å². The fourth-order valence-electron chi connectivity index (χ4n) is 3.01. The number of rotatable bonds is 5. The van der Waals surface area contributed by atoms with E-state index < -0.39 is 0 Å². The van der Waals surface area contributed by atoms with E-state index in [1.807, 2.05) is 6.92 Å². The van der Waals surface area contributed by atoms with Crippen LogP contribution < -0.4 is 5.32 Å². The van der Waals surface area contributed by atoms with Gasteiger partial charge in [-0.15, -0.1) is 0 Å². The van der Waals surface area contributed by atoms with Crippen molar-refractivity contribution in [3.63, 3.8) is 0 Å². The zero-order valence-electron chi connectivity index (χ0n) is 12.0. The van der Waals surface area contributed by atoms with Gasteiger partial charge in [-0.1, -0.05) is 18.6 Å². The molecule has 1 heterocycles. The molecule has 0 unspecified atom stereocenters. The van der Waals surface area contributed by atoms with Crippen molar-refractivity contribution in [2.45, 2.75) is 45.8 Å². The Labute approximate surface area is 111 Å². The predicted octanol–water partition coefficient (Wildman–Crippen LogP) is 2.72. The molecule has 0 aromatic heterocycles. The van der Waals surface area contributed by atoms with Crippen molar-refractivity contribution in [1.29, 1.82) is 0 Å². The molecule has 1 N–H and O–H groups in total. The Kier molecular flexibility index (Phi) is 4.82. The highest BCUT2D eigenvalue weighted by Gasteiger charge is 2.30. The third-order valence-corrected chi connectivity index (χ3v) is 4.38. The maximum absolute atomic E-state index is 5.60. The molecule has 1 saturated heterocycles. The first-order chi connectivity index (χ1) is 8.61. The van der Waals surface area contributed by atoms with E-state index in [-0.39, 0.29) is 5.79 Å². The smallest absolute Gasteiger partial charge is 0.166 e. The highest BCUT2D eigenvalue weighted by atomic mass is 16.7. The number of allylic oxidation sites excluding steroid dienone is 1. The second-order valence-corrected chi connectivity index (χ2v) is 5.89. The molecule has 0 aromatic rings. The number of nitrogens with one attached hydrogen (secondary N) is 1. The molecular formula is C15H27NO2. The Balaban J connectivity index is 1.68. The summed E-state index contributed by atoms with van der Waals surface area (Å²) in [5, 5.41) is 3.57. The first-order valence-electron chi connectivity index (χ1n) is 7.26. The van der Waals surface area contributed by atoms with Gasteiger partial charge in [-0.2, -0.15) is 0 Å². The minimum atomic E-state index is -0.351. The Morgan fingerprint density at radius 3 is 2.78 bits per heavy atom. The van der Waals surface area contributed by atoms with Crippen molar-refractivity contribution in [3.8, 4) is 0 Å². The summed E-state index contributed by atoms with van der Waals surface area (Å²) in [4.78, 5) is 0. The minimum Gasteiger partial charge on any atom is -0.348 e. The summed E-state index contributed by atoms with van der Waals surface area (Å²) in [5.41, 5.74) is 1.56. The number of ether oxygens (including phenoxy) is 2. The van der Waals surface area contributed by atoms with Crippen LogP contribution in [0.2, 0.25) is 0 Å². The van der Waals surface area contributed by atoms with Gasteiger partial charge in [-0.3, -0.25) is 0 Å². The molecule has 3 nitrogen and oxygen atoms in total. The van der Waals surface area contributed by atoms with Crippen LogP contribution >= 0.6 is 0 Å². The highest BCUT2D eigenvalue weighted by molar-refractivity contribution is 5.09. The van der Waals surface area contributed by atoms with Gasteiger partial charge in [0.2, 0.25) is 0 Å². The quantitative estimate of drug-likeness (QED) is 0.603. The summed E-state index contributed by atoms with van der Waals surface area (Å²) in [6, 6.07) is 0. The summed E-state index contributed by atoms with van der Waals surface area (Å²) in [6.07, 6.45) is 5.91. The molecule has 3 heteroatoms. The van der Waals surface area contributed by atoms with E-state index in [4.69, 9.17) is 9.47 Å². The number of hydrogen-bond acceptors (Lipinski definition) is 3. The van der Waals surface area contributed by atoms with Gasteiger partial charge >= 0.3 is 0 Å². The standard InChI is InChI=1S/C15H27NO2/c1-12-5-4-6-13(2)14(12)11-16-8-7-15(3)17-9-10-18-15/h5,13-14,16H,4,6-11H2,1-3H3/t13-,14+/m0/s1. The predicted molar refractivity (Wildman–Crippen MR) is 73.4 cm³/mol. The second kappa shape index (κ2) is 6.18. The lowest BCUT2D eigenvalue weighted by Crippen LogP contribution is -2.35. The molecule has 2 atom stereocenters. The SMILES string of the molecule is CC1=CCC[C@H](C)[C@@H]1CNCCC1(C)OCCO1. The first-order valence-corrected chi connectivity index (χ1v) is 7.26. The third kappa shape index (κ3) is 3.56. The van der Waals surface area contributed by atoms with Crippen LogP contribution in [0.3, 0.4) is 0 Å². The molecule has 0 saturated carbocycles. The van der Waals surface area contributed by atoms with E-state index in [2.05, 4.69) is 25.2 Å². The molecule has 0 spiro atoms. The van der Waals surface area contributed by atoms with Crippen LogP contribution in [0.5, 0.6) is 0 Å².